The standard InChI is InChI=1S/C58H54N2OS2/c1-34-41-23-25-59-51(54(41)62-49(34)33-56(2,3)4)35-27-37(57(5,6)7)31-39(29-35)61-40-30-36(28-38(32-40)58(8,9)10)52-55-48(24-26-60-52)50-46-21-15-13-19-44(46)42-17-11-12-18-43(42)45-20-14-16-22-47(45)53(50)63-55/h11-32H,33H2,1-10H3. The number of thiophene rings is 2. The summed E-state index contributed by atoms with van der Waals surface area (Å²) >= 11 is 3.74. The summed E-state index contributed by atoms with van der Waals surface area (Å²) in [6, 6.07) is 44.4. The lowest BCUT2D eigenvalue weighted by molar-refractivity contribution is 0.414. The molecule has 0 fully saturated rings. The van der Waals surface area contributed by atoms with Crippen LogP contribution in [0.25, 0.3) is 86.5 Å². The maximum atomic E-state index is 7.09. The zero-order valence-electron chi connectivity index (χ0n) is 38.0. The Morgan fingerprint density at radius 1 is 0.492 bits per heavy atom. The minimum Gasteiger partial charge on any atom is -0.457 e. The van der Waals surface area contributed by atoms with Crippen LogP contribution in [0.2, 0.25) is 0 Å². The van der Waals surface area contributed by atoms with E-state index in [4.69, 9.17) is 14.7 Å². The second-order valence-corrected chi connectivity index (χ2v) is 22.6. The number of fused-ring (bicyclic) bond motifs is 11. The predicted molar refractivity (Wildman–Crippen MR) is 271 cm³/mol. The summed E-state index contributed by atoms with van der Waals surface area (Å²) in [6.45, 7) is 22.8. The van der Waals surface area contributed by atoms with Crippen LogP contribution in [-0.2, 0) is 17.3 Å². The molecule has 0 unspecified atom stereocenters. The summed E-state index contributed by atoms with van der Waals surface area (Å²) in [5.74, 6) is 1.59. The third-order valence-electron chi connectivity index (χ3n) is 12.5. The lowest BCUT2D eigenvalue weighted by atomic mass is 9.83. The van der Waals surface area contributed by atoms with Crippen LogP contribution in [0.5, 0.6) is 11.5 Å². The van der Waals surface area contributed by atoms with E-state index in [2.05, 4.69) is 191 Å². The van der Waals surface area contributed by atoms with Crippen LogP contribution in [0.15, 0.2) is 134 Å². The first-order chi connectivity index (χ1) is 30.0. The van der Waals surface area contributed by atoms with Gasteiger partial charge in [0.15, 0.2) is 0 Å². The van der Waals surface area contributed by atoms with E-state index >= 15 is 0 Å². The Kier molecular flexibility index (Phi) is 9.89. The fourth-order valence-corrected chi connectivity index (χ4v) is 12.1. The maximum absolute atomic E-state index is 7.09. The van der Waals surface area contributed by atoms with Crippen molar-refractivity contribution in [2.24, 2.45) is 5.41 Å². The summed E-state index contributed by atoms with van der Waals surface area (Å²) < 4.78 is 9.50. The molecule has 0 amide bonds. The Labute approximate surface area is 380 Å². The largest absolute Gasteiger partial charge is 0.457 e. The molecule has 5 aromatic carbocycles. The van der Waals surface area contributed by atoms with Gasteiger partial charge in [0, 0.05) is 49.8 Å². The lowest BCUT2D eigenvalue weighted by Crippen LogP contribution is -2.12. The lowest BCUT2D eigenvalue weighted by Gasteiger charge is -2.23. The zero-order chi connectivity index (χ0) is 44.0. The summed E-state index contributed by atoms with van der Waals surface area (Å²) in [5, 5.41) is 2.50. The Morgan fingerprint density at radius 2 is 0.937 bits per heavy atom. The van der Waals surface area contributed by atoms with Crippen molar-refractivity contribution >= 4 is 42.8 Å². The quantitative estimate of drug-likeness (QED) is 0.173. The Bertz CT molecular complexity index is 3250. The van der Waals surface area contributed by atoms with E-state index in [1.807, 2.05) is 35.1 Å². The van der Waals surface area contributed by atoms with Gasteiger partial charge in [-0.2, -0.15) is 0 Å². The summed E-state index contributed by atoms with van der Waals surface area (Å²) in [6.07, 6.45) is 4.99. The average molecular weight is 859 g/mol. The van der Waals surface area contributed by atoms with Gasteiger partial charge >= 0.3 is 0 Å². The van der Waals surface area contributed by atoms with Gasteiger partial charge in [0.2, 0.25) is 0 Å². The molecule has 314 valence electrons. The smallest absolute Gasteiger partial charge is 0.128 e. The van der Waals surface area contributed by atoms with Gasteiger partial charge in [0.1, 0.15) is 11.5 Å². The molecule has 9 aromatic rings. The molecule has 10 rings (SSSR count). The predicted octanol–water partition coefficient (Wildman–Crippen LogP) is 17.5. The SMILES string of the molecule is Cc1c(CC(C)(C)C)sc2c(-c3cc(Oc4cc(-c5nccc6c7c(sc56)-c5ccccc5-c5ccccc5-c5ccccc5-7)cc(C(C)(C)C)c4)cc(C(C)(C)C)c3)nccc12. The number of hydrogen-bond acceptors (Lipinski definition) is 5. The van der Waals surface area contributed by atoms with Crippen LogP contribution in [-0.4, -0.2) is 9.97 Å². The fourth-order valence-electron chi connectivity index (χ4n) is 9.14. The first-order valence-electron chi connectivity index (χ1n) is 22.1. The van der Waals surface area contributed by atoms with E-state index in [0.29, 0.717) is 0 Å². The molecular weight excluding hydrogens is 805 g/mol. The molecule has 0 saturated heterocycles. The molecule has 0 spiro atoms. The number of hydrogen-bond donors (Lipinski definition) is 0. The number of benzene rings is 5. The van der Waals surface area contributed by atoms with Crippen LogP contribution < -0.4 is 4.74 Å². The van der Waals surface area contributed by atoms with Crippen LogP contribution in [0.4, 0.5) is 0 Å². The zero-order valence-corrected chi connectivity index (χ0v) is 39.7. The number of rotatable bonds is 5. The van der Waals surface area contributed by atoms with Crippen molar-refractivity contribution in [2.75, 3.05) is 0 Å². The molecule has 5 heteroatoms. The van der Waals surface area contributed by atoms with Crippen LogP contribution in [0, 0.1) is 12.3 Å². The molecule has 0 atom stereocenters. The van der Waals surface area contributed by atoms with E-state index < -0.39 is 0 Å². The van der Waals surface area contributed by atoms with Crippen molar-refractivity contribution in [1.82, 2.24) is 9.97 Å². The molecule has 0 saturated carbocycles. The molecular formula is C58H54N2OS2. The first-order valence-corrected chi connectivity index (χ1v) is 23.7. The Balaban J connectivity index is 1.14. The van der Waals surface area contributed by atoms with E-state index in [9.17, 15) is 0 Å². The van der Waals surface area contributed by atoms with Crippen molar-refractivity contribution in [3.8, 4) is 77.8 Å². The van der Waals surface area contributed by atoms with Crippen LogP contribution in [0.1, 0.15) is 83.9 Å². The summed E-state index contributed by atoms with van der Waals surface area (Å²) in [5.41, 5.74) is 16.5. The van der Waals surface area contributed by atoms with Gasteiger partial charge in [0.05, 0.1) is 20.8 Å². The van der Waals surface area contributed by atoms with Crippen molar-refractivity contribution in [3.63, 3.8) is 0 Å². The van der Waals surface area contributed by atoms with Crippen molar-refractivity contribution in [3.05, 3.63) is 155 Å². The third kappa shape index (κ3) is 7.49. The molecule has 4 aromatic heterocycles. The molecule has 1 aliphatic rings. The molecule has 0 bridgehead atoms. The van der Waals surface area contributed by atoms with Crippen molar-refractivity contribution < 1.29 is 4.74 Å². The van der Waals surface area contributed by atoms with Crippen molar-refractivity contribution in [1.29, 1.82) is 0 Å². The highest BCUT2D eigenvalue weighted by atomic mass is 32.1. The monoisotopic (exact) mass is 858 g/mol. The molecule has 0 aliphatic heterocycles. The second-order valence-electron chi connectivity index (χ2n) is 20.5. The van der Waals surface area contributed by atoms with Gasteiger partial charge in [0.25, 0.3) is 0 Å². The minimum absolute atomic E-state index is 0.114. The molecule has 0 N–H and O–H groups in total. The van der Waals surface area contributed by atoms with E-state index in [1.165, 1.54) is 85.6 Å². The maximum Gasteiger partial charge on any atom is 0.128 e. The fraction of sp³-hybridized carbons (Fsp3) is 0.241. The molecule has 1 aliphatic carbocycles. The number of ether oxygens (including phenoxy) is 1. The van der Waals surface area contributed by atoms with Crippen molar-refractivity contribution in [2.45, 2.75) is 86.5 Å². The van der Waals surface area contributed by atoms with Gasteiger partial charge < -0.3 is 4.74 Å². The normalized spacial score (nSPS) is 12.7. The number of aromatic nitrogens is 2. The van der Waals surface area contributed by atoms with Gasteiger partial charge in [-0.25, -0.2) is 0 Å². The highest BCUT2D eigenvalue weighted by Crippen LogP contribution is 2.54. The van der Waals surface area contributed by atoms with Crippen LogP contribution in [0.3, 0.4) is 0 Å². The first kappa shape index (κ1) is 41.1. The van der Waals surface area contributed by atoms with Gasteiger partial charge in [-0.1, -0.05) is 135 Å². The van der Waals surface area contributed by atoms with E-state index in [-0.39, 0.29) is 16.2 Å². The number of aryl methyl sites for hydroxylation is 1. The molecule has 4 heterocycles. The Hall–Kier alpha value is -5.88. The highest BCUT2D eigenvalue weighted by molar-refractivity contribution is 7.23. The average Bonchev–Trinajstić information content (AvgIpc) is 3.78. The van der Waals surface area contributed by atoms with Gasteiger partial charge in [-0.05, 0) is 128 Å². The third-order valence-corrected chi connectivity index (χ3v) is 15.0. The summed E-state index contributed by atoms with van der Waals surface area (Å²) in [7, 11) is 0. The van der Waals surface area contributed by atoms with Crippen LogP contribution >= 0.6 is 22.7 Å². The number of nitrogens with zero attached hydrogens (tertiary/aromatic N) is 2. The topological polar surface area (TPSA) is 35.0 Å². The minimum atomic E-state index is -0.143. The second kappa shape index (κ2) is 15.1. The Morgan fingerprint density at radius 3 is 1.44 bits per heavy atom. The summed E-state index contributed by atoms with van der Waals surface area (Å²) in [4.78, 5) is 13.0. The van der Waals surface area contributed by atoms with Gasteiger partial charge in [-0.3, -0.25) is 9.97 Å². The van der Waals surface area contributed by atoms with Gasteiger partial charge in [-0.15, -0.1) is 22.7 Å². The number of pyridine rings is 2. The molecule has 3 nitrogen and oxygen atoms in total. The molecule has 63 heavy (non-hydrogen) atoms. The molecule has 0 radical (unpaired) electrons. The van der Waals surface area contributed by atoms with E-state index in [1.54, 1.807) is 0 Å². The van der Waals surface area contributed by atoms with E-state index in [0.717, 1.165) is 40.4 Å². The highest BCUT2D eigenvalue weighted by Gasteiger charge is 2.28.